The van der Waals surface area contributed by atoms with Gasteiger partial charge in [-0.05, 0) is 12.5 Å². The predicted molar refractivity (Wildman–Crippen MR) is 53.4 cm³/mol. The molecule has 0 unspecified atom stereocenters. The van der Waals surface area contributed by atoms with E-state index in [2.05, 4.69) is 4.99 Å². The lowest BCUT2D eigenvalue weighted by Gasteiger charge is -1.97. The number of furan rings is 1. The van der Waals surface area contributed by atoms with E-state index >= 15 is 0 Å². The van der Waals surface area contributed by atoms with E-state index in [9.17, 15) is 8.42 Å². The molecule has 1 atom stereocenters. The molecule has 1 aliphatic heterocycles. The van der Waals surface area contributed by atoms with Gasteiger partial charge in [0.1, 0.15) is 0 Å². The third-order valence-electron chi connectivity index (χ3n) is 2.19. The fourth-order valence-corrected chi connectivity index (χ4v) is 3.07. The molecule has 0 aromatic carbocycles. The number of rotatable bonds is 2. The van der Waals surface area contributed by atoms with Gasteiger partial charge in [-0.25, -0.2) is 8.42 Å². The van der Waals surface area contributed by atoms with Crippen LogP contribution in [0.15, 0.2) is 28.0 Å². The molecule has 0 radical (unpaired) electrons. The summed E-state index contributed by atoms with van der Waals surface area (Å²) in [4.78, 5) is 4.20. The Morgan fingerprint density at radius 3 is 3.00 bits per heavy atom. The van der Waals surface area contributed by atoms with Gasteiger partial charge >= 0.3 is 0 Å². The molecule has 1 fully saturated rings. The summed E-state index contributed by atoms with van der Waals surface area (Å²) >= 11 is 0. The van der Waals surface area contributed by atoms with E-state index in [4.69, 9.17) is 4.42 Å². The number of aliphatic imine (C=N–C) groups is 1. The van der Waals surface area contributed by atoms with E-state index in [-0.39, 0.29) is 17.5 Å². The van der Waals surface area contributed by atoms with Crippen LogP contribution >= 0.6 is 0 Å². The van der Waals surface area contributed by atoms with Crippen LogP contribution in [0.2, 0.25) is 0 Å². The van der Waals surface area contributed by atoms with Crippen molar-refractivity contribution in [1.29, 1.82) is 0 Å². The van der Waals surface area contributed by atoms with Crippen molar-refractivity contribution >= 4 is 16.1 Å². The average Bonchev–Trinajstić information content (AvgIpc) is 2.70. The Bertz CT molecular complexity index is 419. The number of sulfone groups is 1. The molecule has 0 amide bonds. The lowest BCUT2D eigenvalue weighted by atomic mass is 10.3. The largest absolute Gasteiger partial charge is 0.472 e. The smallest absolute Gasteiger partial charge is 0.152 e. The third-order valence-corrected chi connectivity index (χ3v) is 3.94. The van der Waals surface area contributed by atoms with Crippen molar-refractivity contribution in [3.05, 3.63) is 24.2 Å². The monoisotopic (exact) mass is 213 g/mol. The van der Waals surface area contributed by atoms with Gasteiger partial charge in [0.2, 0.25) is 0 Å². The lowest BCUT2D eigenvalue weighted by Crippen LogP contribution is -2.07. The van der Waals surface area contributed by atoms with Gasteiger partial charge in [0.25, 0.3) is 0 Å². The molecule has 1 saturated heterocycles. The van der Waals surface area contributed by atoms with Crippen molar-refractivity contribution in [2.24, 2.45) is 4.99 Å². The SMILES string of the molecule is O=S1(=O)CC[C@H](N=Cc2ccoc2)C1. The van der Waals surface area contributed by atoms with Crippen LogP contribution in [-0.4, -0.2) is 32.2 Å². The van der Waals surface area contributed by atoms with Gasteiger partial charge in [-0.1, -0.05) is 0 Å². The van der Waals surface area contributed by atoms with Gasteiger partial charge in [-0.15, -0.1) is 0 Å². The highest BCUT2D eigenvalue weighted by atomic mass is 32.2. The molecule has 5 heteroatoms. The molecule has 0 saturated carbocycles. The Hall–Kier alpha value is -1.10. The van der Waals surface area contributed by atoms with Crippen LogP contribution in [0.4, 0.5) is 0 Å². The summed E-state index contributed by atoms with van der Waals surface area (Å²) in [6.07, 6.45) is 5.44. The minimum atomic E-state index is -2.82. The van der Waals surface area contributed by atoms with Crippen LogP contribution in [0.3, 0.4) is 0 Å². The molecule has 0 aliphatic carbocycles. The highest BCUT2D eigenvalue weighted by Gasteiger charge is 2.26. The molecule has 1 aromatic rings. The average molecular weight is 213 g/mol. The Balaban J connectivity index is 2.00. The number of hydrogen-bond donors (Lipinski definition) is 0. The van der Waals surface area contributed by atoms with Crippen molar-refractivity contribution in [3.63, 3.8) is 0 Å². The third kappa shape index (κ3) is 2.23. The Kier molecular flexibility index (Phi) is 2.41. The normalized spacial score (nSPS) is 25.9. The molecule has 1 aliphatic rings. The Labute approximate surface area is 82.6 Å². The summed E-state index contributed by atoms with van der Waals surface area (Å²) in [5.41, 5.74) is 0.870. The Morgan fingerprint density at radius 1 is 1.57 bits per heavy atom. The van der Waals surface area contributed by atoms with Gasteiger partial charge < -0.3 is 4.42 Å². The van der Waals surface area contributed by atoms with Crippen molar-refractivity contribution in [1.82, 2.24) is 0 Å². The zero-order chi connectivity index (χ0) is 10.0. The predicted octanol–water partition coefficient (Wildman–Crippen LogP) is 0.886. The molecule has 2 heterocycles. The van der Waals surface area contributed by atoms with Crippen LogP contribution in [-0.2, 0) is 9.84 Å². The first-order valence-electron chi connectivity index (χ1n) is 4.41. The molecule has 2 rings (SSSR count). The van der Waals surface area contributed by atoms with Crippen LogP contribution in [0, 0.1) is 0 Å². The maximum Gasteiger partial charge on any atom is 0.152 e. The molecular weight excluding hydrogens is 202 g/mol. The summed E-state index contributed by atoms with van der Waals surface area (Å²) in [6, 6.07) is 1.71. The first kappa shape index (κ1) is 9.45. The second-order valence-corrected chi connectivity index (χ2v) is 5.62. The topological polar surface area (TPSA) is 59.6 Å². The molecular formula is C9H11NO3S. The zero-order valence-electron chi connectivity index (χ0n) is 7.59. The van der Waals surface area contributed by atoms with Crippen molar-refractivity contribution in [2.45, 2.75) is 12.5 Å². The lowest BCUT2D eigenvalue weighted by molar-refractivity contribution is 0.567. The van der Waals surface area contributed by atoms with Crippen molar-refractivity contribution < 1.29 is 12.8 Å². The van der Waals surface area contributed by atoms with Crippen LogP contribution < -0.4 is 0 Å². The molecule has 14 heavy (non-hydrogen) atoms. The van der Waals surface area contributed by atoms with Crippen LogP contribution in [0.1, 0.15) is 12.0 Å². The summed E-state index contributed by atoms with van der Waals surface area (Å²) in [5.74, 6) is 0.446. The number of nitrogens with zero attached hydrogens (tertiary/aromatic N) is 1. The molecule has 1 aromatic heterocycles. The summed E-state index contributed by atoms with van der Waals surface area (Å²) in [5, 5.41) is 0. The van der Waals surface area contributed by atoms with Crippen LogP contribution in [0.5, 0.6) is 0 Å². The van der Waals surface area contributed by atoms with Gasteiger partial charge in [-0.3, -0.25) is 4.99 Å². The fourth-order valence-electron chi connectivity index (χ4n) is 1.43. The highest BCUT2D eigenvalue weighted by molar-refractivity contribution is 7.91. The summed E-state index contributed by atoms with van der Waals surface area (Å²) < 4.78 is 27.1. The fraction of sp³-hybridized carbons (Fsp3) is 0.444. The van der Waals surface area contributed by atoms with E-state index in [1.165, 1.54) is 0 Å². The van der Waals surface area contributed by atoms with Gasteiger partial charge in [0.05, 0.1) is 30.1 Å². The van der Waals surface area contributed by atoms with E-state index in [0.717, 1.165) is 5.56 Å². The minimum Gasteiger partial charge on any atom is -0.472 e. The van der Waals surface area contributed by atoms with E-state index in [0.29, 0.717) is 6.42 Å². The first-order chi connectivity index (χ1) is 6.66. The van der Waals surface area contributed by atoms with E-state index in [1.807, 2.05) is 0 Å². The minimum absolute atomic E-state index is 0.0742. The van der Waals surface area contributed by atoms with Crippen LogP contribution in [0.25, 0.3) is 0 Å². The first-order valence-corrected chi connectivity index (χ1v) is 6.24. The molecule has 0 N–H and O–H groups in total. The van der Waals surface area contributed by atoms with Gasteiger partial charge in [0, 0.05) is 11.8 Å². The van der Waals surface area contributed by atoms with E-state index in [1.54, 1.807) is 24.8 Å². The summed E-state index contributed by atoms with van der Waals surface area (Å²) in [7, 11) is -2.82. The van der Waals surface area contributed by atoms with Gasteiger partial charge in [-0.2, -0.15) is 0 Å². The van der Waals surface area contributed by atoms with E-state index < -0.39 is 9.84 Å². The Morgan fingerprint density at radius 2 is 2.43 bits per heavy atom. The second kappa shape index (κ2) is 3.57. The molecule has 0 spiro atoms. The zero-order valence-corrected chi connectivity index (χ0v) is 8.40. The second-order valence-electron chi connectivity index (χ2n) is 3.39. The van der Waals surface area contributed by atoms with Crippen molar-refractivity contribution in [3.8, 4) is 0 Å². The maximum absolute atomic E-state index is 11.1. The maximum atomic E-state index is 11.1. The highest BCUT2D eigenvalue weighted by Crippen LogP contribution is 2.14. The van der Waals surface area contributed by atoms with Crippen molar-refractivity contribution in [2.75, 3.05) is 11.5 Å². The molecule has 0 bridgehead atoms. The van der Waals surface area contributed by atoms with Gasteiger partial charge in [0.15, 0.2) is 9.84 Å². The quantitative estimate of drug-likeness (QED) is 0.685. The molecule has 76 valence electrons. The number of hydrogen-bond acceptors (Lipinski definition) is 4. The summed E-state index contributed by atoms with van der Waals surface area (Å²) in [6.45, 7) is 0. The molecule has 4 nitrogen and oxygen atoms in total. The standard InChI is InChI=1S/C9H11NO3S/c11-14(12)4-2-9(7-14)10-5-8-1-3-13-6-8/h1,3,5-6,9H,2,4,7H2/t9-/m0/s1.